The third kappa shape index (κ3) is 4.10. The lowest BCUT2D eigenvalue weighted by Crippen LogP contribution is -2.05. The molecule has 0 radical (unpaired) electrons. The number of aryl methyl sites for hydroxylation is 2. The first-order valence-electron chi connectivity index (χ1n) is 7.41. The third-order valence-corrected chi connectivity index (χ3v) is 3.65. The van der Waals surface area contributed by atoms with Gasteiger partial charge >= 0.3 is 0 Å². The number of hydrogen-bond donors (Lipinski definition) is 0. The largest absolute Gasteiger partial charge is 0.493 e. The van der Waals surface area contributed by atoms with Gasteiger partial charge in [-0.25, -0.2) is 0 Å². The molecule has 0 aromatic heterocycles. The van der Waals surface area contributed by atoms with E-state index in [9.17, 15) is 5.26 Å². The highest BCUT2D eigenvalue weighted by Crippen LogP contribution is 2.22. The smallest absolute Gasteiger partial charge is 0.122 e. The van der Waals surface area contributed by atoms with E-state index >= 15 is 0 Å². The minimum atomic E-state index is -0.112. The average molecular weight is 279 g/mol. The monoisotopic (exact) mass is 279 g/mol. The fourth-order valence-electron chi connectivity index (χ4n) is 2.33. The van der Waals surface area contributed by atoms with Gasteiger partial charge in [0.15, 0.2) is 0 Å². The van der Waals surface area contributed by atoms with Crippen molar-refractivity contribution in [3.8, 4) is 11.8 Å². The van der Waals surface area contributed by atoms with E-state index in [0.29, 0.717) is 13.0 Å². The number of nitriles is 1. The molecule has 2 heteroatoms. The predicted octanol–water partition coefficient (Wildman–Crippen LogP) is 4.63. The van der Waals surface area contributed by atoms with Crippen molar-refractivity contribution in [3.05, 3.63) is 65.2 Å². The summed E-state index contributed by atoms with van der Waals surface area (Å²) in [5.41, 5.74) is 3.49. The lowest BCUT2D eigenvalue weighted by atomic mass is 9.97. The first-order chi connectivity index (χ1) is 10.2. The number of para-hydroxylation sites is 1. The Labute approximate surface area is 127 Å². The second-order valence-corrected chi connectivity index (χ2v) is 5.19. The molecule has 2 aromatic carbocycles. The Balaban J connectivity index is 1.95. The van der Waals surface area contributed by atoms with E-state index in [-0.39, 0.29) is 5.92 Å². The highest BCUT2D eigenvalue weighted by atomic mass is 16.5. The van der Waals surface area contributed by atoms with Crippen molar-refractivity contribution < 1.29 is 4.74 Å². The molecule has 0 spiro atoms. The summed E-state index contributed by atoms with van der Waals surface area (Å²) in [6, 6.07) is 18.6. The van der Waals surface area contributed by atoms with Crippen molar-refractivity contribution in [1.82, 2.24) is 0 Å². The Kier molecular flexibility index (Phi) is 5.40. The third-order valence-electron chi connectivity index (χ3n) is 3.65. The molecule has 2 aromatic rings. The summed E-state index contributed by atoms with van der Waals surface area (Å²) >= 11 is 0. The van der Waals surface area contributed by atoms with Crippen molar-refractivity contribution >= 4 is 0 Å². The lowest BCUT2D eigenvalue weighted by Gasteiger charge is -2.13. The van der Waals surface area contributed by atoms with Gasteiger partial charge in [-0.15, -0.1) is 0 Å². The summed E-state index contributed by atoms with van der Waals surface area (Å²) in [6.07, 6.45) is 1.66. The zero-order valence-electron chi connectivity index (χ0n) is 12.7. The maximum atomic E-state index is 9.34. The zero-order valence-corrected chi connectivity index (χ0v) is 12.7. The van der Waals surface area contributed by atoms with Crippen LogP contribution in [0.1, 0.15) is 36.0 Å². The molecule has 0 saturated carbocycles. The van der Waals surface area contributed by atoms with Crippen molar-refractivity contribution in [2.45, 2.75) is 32.6 Å². The van der Waals surface area contributed by atoms with E-state index in [4.69, 9.17) is 4.74 Å². The summed E-state index contributed by atoms with van der Waals surface area (Å²) in [5, 5.41) is 9.34. The summed E-state index contributed by atoms with van der Waals surface area (Å²) < 4.78 is 5.85. The molecule has 0 heterocycles. The SMILES string of the molecule is CCc1ccccc1OCCC(C#N)c1ccc(C)cc1. The quantitative estimate of drug-likeness (QED) is 0.772. The van der Waals surface area contributed by atoms with Gasteiger partial charge in [0, 0.05) is 6.42 Å². The van der Waals surface area contributed by atoms with Crippen LogP contribution in [0.5, 0.6) is 5.75 Å². The molecule has 0 amide bonds. The average Bonchev–Trinajstić information content (AvgIpc) is 2.53. The van der Waals surface area contributed by atoms with Crippen LogP contribution in [0.25, 0.3) is 0 Å². The minimum Gasteiger partial charge on any atom is -0.493 e. The Morgan fingerprint density at radius 3 is 2.48 bits per heavy atom. The van der Waals surface area contributed by atoms with Gasteiger partial charge in [-0.3, -0.25) is 0 Å². The summed E-state index contributed by atoms with van der Waals surface area (Å²) in [5.74, 6) is 0.819. The van der Waals surface area contributed by atoms with E-state index in [2.05, 4.69) is 26.0 Å². The van der Waals surface area contributed by atoms with Gasteiger partial charge in [0.2, 0.25) is 0 Å². The fourth-order valence-corrected chi connectivity index (χ4v) is 2.33. The van der Waals surface area contributed by atoms with Gasteiger partial charge in [-0.05, 0) is 30.5 Å². The minimum absolute atomic E-state index is 0.112. The summed E-state index contributed by atoms with van der Waals surface area (Å²) in [7, 11) is 0. The van der Waals surface area contributed by atoms with Crippen LogP contribution in [0.3, 0.4) is 0 Å². The Morgan fingerprint density at radius 1 is 1.10 bits per heavy atom. The van der Waals surface area contributed by atoms with Crippen molar-refractivity contribution in [2.75, 3.05) is 6.61 Å². The molecule has 2 rings (SSSR count). The number of ether oxygens (including phenoxy) is 1. The van der Waals surface area contributed by atoms with E-state index in [1.807, 2.05) is 42.5 Å². The number of rotatable bonds is 6. The summed E-state index contributed by atoms with van der Waals surface area (Å²) in [4.78, 5) is 0. The van der Waals surface area contributed by atoms with Crippen molar-refractivity contribution in [2.24, 2.45) is 0 Å². The van der Waals surface area contributed by atoms with E-state index in [0.717, 1.165) is 17.7 Å². The maximum Gasteiger partial charge on any atom is 0.122 e. The molecule has 2 nitrogen and oxygen atoms in total. The van der Waals surface area contributed by atoms with E-state index in [1.54, 1.807) is 0 Å². The molecule has 0 aliphatic carbocycles. The predicted molar refractivity (Wildman–Crippen MR) is 85.5 cm³/mol. The van der Waals surface area contributed by atoms with Crippen LogP contribution in [0, 0.1) is 18.3 Å². The van der Waals surface area contributed by atoms with Crippen LogP contribution < -0.4 is 4.74 Å². The molecule has 0 saturated heterocycles. The van der Waals surface area contributed by atoms with E-state index < -0.39 is 0 Å². The molecular weight excluding hydrogens is 258 g/mol. The molecule has 0 fully saturated rings. The zero-order chi connectivity index (χ0) is 15.1. The first kappa shape index (κ1) is 15.1. The molecule has 1 unspecified atom stereocenters. The molecule has 21 heavy (non-hydrogen) atoms. The molecule has 0 bridgehead atoms. The second-order valence-electron chi connectivity index (χ2n) is 5.19. The van der Waals surface area contributed by atoms with Gasteiger partial charge in [0.1, 0.15) is 5.75 Å². The van der Waals surface area contributed by atoms with Gasteiger partial charge in [-0.1, -0.05) is 55.0 Å². The van der Waals surface area contributed by atoms with Crippen LogP contribution in [-0.4, -0.2) is 6.61 Å². The van der Waals surface area contributed by atoms with Gasteiger partial charge in [0.25, 0.3) is 0 Å². The van der Waals surface area contributed by atoms with Crippen LogP contribution in [-0.2, 0) is 6.42 Å². The van der Waals surface area contributed by atoms with Crippen molar-refractivity contribution in [1.29, 1.82) is 5.26 Å². The Bertz CT molecular complexity index is 610. The molecule has 0 aliphatic heterocycles. The van der Waals surface area contributed by atoms with Crippen molar-refractivity contribution in [3.63, 3.8) is 0 Å². The molecule has 1 atom stereocenters. The lowest BCUT2D eigenvalue weighted by molar-refractivity contribution is 0.303. The number of hydrogen-bond acceptors (Lipinski definition) is 2. The number of benzene rings is 2. The Hall–Kier alpha value is -2.27. The molecule has 108 valence electrons. The number of nitrogens with zero attached hydrogens (tertiary/aromatic N) is 1. The van der Waals surface area contributed by atoms with E-state index in [1.165, 1.54) is 11.1 Å². The Morgan fingerprint density at radius 2 is 1.81 bits per heavy atom. The summed E-state index contributed by atoms with van der Waals surface area (Å²) in [6.45, 7) is 4.73. The normalized spacial score (nSPS) is 11.7. The fraction of sp³-hybridized carbons (Fsp3) is 0.316. The van der Waals surface area contributed by atoms with Crippen LogP contribution in [0.2, 0.25) is 0 Å². The molecule has 0 N–H and O–H groups in total. The molecule has 0 aliphatic rings. The highest BCUT2D eigenvalue weighted by Gasteiger charge is 2.11. The van der Waals surface area contributed by atoms with Crippen LogP contribution in [0.4, 0.5) is 0 Å². The van der Waals surface area contributed by atoms with Gasteiger partial charge in [-0.2, -0.15) is 5.26 Å². The highest BCUT2D eigenvalue weighted by molar-refractivity contribution is 5.33. The second kappa shape index (κ2) is 7.50. The van der Waals surface area contributed by atoms with Gasteiger partial charge < -0.3 is 4.74 Å². The molecular formula is C19H21NO. The standard InChI is InChI=1S/C19H21NO/c1-3-16-6-4-5-7-19(16)21-13-12-18(14-20)17-10-8-15(2)9-11-17/h4-11,18H,3,12-13H2,1-2H3. The topological polar surface area (TPSA) is 33.0 Å². The first-order valence-corrected chi connectivity index (χ1v) is 7.41. The van der Waals surface area contributed by atoms with Crippen LogP contribution in [0.15, 0.2) is 48.5 Å². The maximum absolute atomic E-state index is 9.34. The van der Waals surface area contributed by atoms with Crippen LogP contribution >= 0.6 is 0 Å². The van der Waals surface area contributed by atoms with Gasteiger partial charge in [0.05, 0.1) is 18.6 Å².